The van der Waals surface area contributed by atoms with Gasteiger partial charge in [-0.2, -0.15) is 0 Å². The molecular formula is C23H36N2O6. The van der Waals surface area contributed by atoms with Crippen LogP contribution in [0.5, 0.6) is 0 Å². The lowest BCUT2D eigenvalue weighted by atomic mass is 9.93. The first-order valence-electron chi connectivity index (χ1n) is 10.4. The van der Waals surface area contributed by atoms with Gasteiger partial charge in [-0.1, -0.05) is 30.3 Å². The maximum absolute atomic E-state index is 12.7. The highest BCUT2D eigenvalue weighted by Gasteiger charge is 2.47. The van der Waals surface area contributed by atoms with Crippen LogP contribution in [0.15, 0.2) is 30.3 Å². The average Bonchev–Trinajstić information content (AvgIpc) is 2.64. The molecule has 31 heavy (non-hydrogen) atoms. The summed E-state index contributed by atoms with van der Waals surface area (Å²) in [5.74, 6) is -1.66. The van der Waals surface area contributed by atoms with Crippen LogP contribution in [-0.4, -0.2) is 41.3 Å². The molecule has 0 aromatic heterocycles. The Morgan fingerprint density at radius 2 is 1.39 bits per heavy atom. The second-order valence-electron chi connectivity index (χ2n) is 9.42. The van der Waals surface area contributed by atoms with Crippen molar-refractivity contribution in [2.24, 2.45) is 5.73 Å². The van der Waals surface area contributed by atoms with Gasteiger partial charge in [0.15, 0.2) is 0 Å². The zero-order chi connectivity index (χ0) is 23.7. The Hall–Kier alpha value is -2.61. The Morgan fingerprint density at radius 3 is 1.87 bits per heavy atom. The number of nitrogens with two attached hydrogens (primary N) is 1. The standard InChI is InChI=1S/C23H36N2O6/c1-21(2,3)30-18(26)23(24,19(27)31-22(4,5)6)14-10-11-15-25-20(28)29-16-17-12-8-7-9-13-17/h7-9,12-13H,10-11,14-16,24H2,1-6H3,(H,25,28). The number of rotatable bonds is 9. The summed E-state index contributed by atoms with van der Waals surface area (Å²) in [5, 5.41) is 2.64. The van der Waals surface area contributed by atoms with Gasteiger partial charge in [0, 0.05) is 6.54 Å². The fraction of sp³-hybridized carbons (Fsp3) is 0.609. The van der Waals surface area contributed by atoms with E-state index in [1.54, 1.807) is 41.5 Å². The molecular weight excluding hydrogens is 400 g/mol. The minimum absolute atomic E-state index is 0.0254. The Kier molecular flexibility index (Phi) is 9.49. The molecule has 1 aromatic rings. The van der Waals surface area contributed by atoms with Gasteiger partial charge in [0.2, 0.25) is 5.54 Å². The Morgan fingerprint density at radius 1 is 0.871 bits per heavy atom. The fourth-order valence-corrected chi connectivity index (χ4v) is 2.52. The van der Waals surface area contributed by atoms with Crippen molar-refractivity contribution in [2.45, 2.75) is 84.2 Å². The van der Waals surface area contributed by atoms with E-state index in [0.717, 1.165) is 5.56 Å². The van der Waals surface area contributed by atoms with Crippen LogP contribution >= 0.6 is 0 Å². The number of carbonyl (C=O) groups is 3. The molecule has 0 bridgehead atoms. The monoisotopic (exact) mass is 436 g/mol. The van der Waals surface area contributed by atoms with Crippen molar-refractivity contribution in [2.75, 3.05) is 6.54 Å². The first-order valence-corrected chi connectivity index (χ1v) is 10.4. The zero-order valence-corrected chi connectivity index (χ0v) is 19.4. The Balaban J connectivity index is 2.55. The van der Waals surface area contributed by atoms with E-state index in [1.807, 2.05) is 30.3 Å². The van der Waals surface area contributed by atoms with Gasteiger partial charge in [-0.25, -0.2) is 14.4 Å². The van der Waals surface area contributed by atoms with E-state index in [0.29, 0.717) is 19.4 Å². The normalized spacial score (nSPS) is 12.1. The molecule has 0 fully saturated rings. The lowest BCUT2D eigenvalue weighted by Gasteiger charge is -2.32. The summed E-state index contributed by atoms with van der Waals surface area (Å²) >= 11 is 0. The largest absolute Gasteiger partial charge is 0.458 e. The number of alkyl carbamates (subject to hydrolysis) is 1. The van der Waals surface area contributed by atoms with Gasteiger partial charge < -0.3 is 25.3 Å². The van der Waals surface area contributed by atoms with Gasteiger partial charge in [0.05, 0.1) is 0 Å². The third-order valence-corrected chi connectivity index (χ3v) is 4.01. The van der Waals surface area contributed by atoms with Crippen molar-refractivity contribution < 1.29 is 28.6 Å². The number of carbonyl (C=O) groups excluding carboxylic acids is 3. The van der Waals surface area contributed by atoms with Gasteiger partial charge in [-0.05, 0) is 66.4 Å². The molecule has 0 aliphatic heterocycles. The molecule has 1 rings (SSSR count). The quantitative estimate of drug-likeness (QED) is 0.263. The molecule has 0 aliphatic carbocycles. The van der Waals surface area contributed by atoms with Gasteiger partial charge in [0.1, 0.15) is 17.8 Å². The number of esters is 2. The molecule has 174 valence electrons. The maximum atomic E-state index is 12.7. The lowest BCUT2D eigenvalue weighted by molar-refractivity contribution is -0.177. The van der Waals surface area contributed by atoms with Crippen LogP contribution in [0.1, 0.15) is 66.4 Å². The van der Waals surface area contributed by atoms with E-state index < -0.39 is 34.8 Å². The average molecular weight is 437 g/mol. The summed E-state index contributed by atoms with van der Waals surface area (Å²) < 4.78 is 15.8. The number of unbranched alkanes of at least 4 members (excludes halogenated alkanes) is 1. The summed E-state index contributed by atoms with van der Waals surface area (Å²) in [6.07, 6.45) is 0.374. The van der Waals surface area contributed by atoms with Crippen LogP contribution < -0.4 is 11.1 Å². The first kappa shape index (κ1) is 26.4. The molecule has 0 saturated heterocycles. The van der Waals surface area contributed by atoms with E-state index in [-0.39, 0.29) is 13.0 Å². The molecule has 1 aromatic carbocycles. The van der Waals surface area contributed by atoms with Crippen molar-refractivity contribution in [1.29, 1.82) is 0 Å². The van der Waals surface area contributed by atoms with Crippen molar-refractivity contribution in [1.82, 2.24) is 5.32 Å². The highest BCUT2D eigenvalue weighted by Crippen LogP contribution is 2.22. The molecule has 0 atom stereocenters. The first-order chi connectivity index (χ1) is 14.2. The number of hydrogen-bond acceptors (Lipinski definition) is 7. The minimum Gasteiger partial charge on any atom is -0.458 e. The molecule has 8 nitrogen and oxygen atoms in total. The summed E-state index contributed by atoms with van der Waals surface area (Å²) in [5.41, 5.74) is 3.56. The van der Waals surface area contributed by atoms with Crippen molar-refractivity contribution in [3.8, 4) is 0 Å². The Labute approximate surface area is 184 Å². The molecule has 0 spiro atoms. The van der Waals surface area contributed by atoms with Gasteiger partial charge in [0.25, 0.3) is 0 Å². The second-order valence-corrected chi connectivity index (χ2v) is 9.42. The van der Waals surface area contributed by atoms with Gasteiger partial charge in [-0.15, -0.1) is 0 Å². The van der Waals surface area contributed by atoms with Gasteiger partial charge >= 0.3 is 18.0 Å². The van der Waals surface area contributed by atoms with E-state index in [2.05, 4.69) is 5.32 Å². The summed E-state index contributed by atoms with van der Waals surface area (Å²) in [7, 11) is 0. The van der Waals surface area contributed by atoms with Crippen molar-refractivity contribution in [3.63, 3.8) is 0 Å². The number of benzene rings is 1. The van der Waals surface area contributed by atoms with E-state index in [1.165, 1.54) is 0 Å². The Bertz CT molecular complexity index is 707. The van der Waals surface area contributed by atoms with Crippen LogP contribution in [-0.2, 0) is 30.4 Å². The van der Waals surface area contributed by atoms with Crippen molar-refractivity contribution >= 4 is 18.0 Å². The number of nitrogens with one attached hydrogen (secondary N) is 1. The van der Waals surface area contributed by atoms with E-state index in [4.69, 9.17) is 19.9 Å². The second kappa shape index (κ2) is 11.1. The SMILES string of the molecule is CC(C)(C)OC(=O)C(N)(CCCCNC(=O)OCc1ccccc1)C(=O)OC(C)(C)C. The summed E-state index contributed by atoms with van der Waals surface area (Å²) in [6.45, 7) is 10.7. The molecule has 0 unspecified atom stereocenters. The van der Waals surface area contributed by atoms with Gasteiger partial charge in [-0.3, -0.25) is 0 Å². The minimum atomic E-state index is -1.92. The third kappa shape index (κ3) is 10.3. The molecule has 1 amide bonds. The molecule has 0 saturated carbocycles. The molecule has 0 aliphatic rings. The number of hydrogen-bond donors (Lipinski definition) is 2. The number of amides is 1. The predicted molar refractivity (Wildman–Crippen MR) is 117 cm³/mol. The lowest BCUT2D eigenvalue weighted by Crippen LogP contribution is -2.59. The topological polar surface area (TPSA) is 117 Å². The number of ether oxygens (including phenoxy) is 3. The zero-order valence-electron chi connectivity index (χ0n) is 19.4. The highest BCUT2D eigenvalue weighted by atomic mass is 16.6. The molecule has 0 radical (unpaired) electrons. The smallest absolute Gasteiger partial charge is 0.407 e. The van der Waals surface area contributed by atoms with Crippen molar-refractivity contribution in [3.05, 3.63) is 35.9 Å². The van der Waals surface area contributed by atoms with Crippen LogP contribution in [0.4, 0.5) is 4.79 Å². The van der Waals surface area contributed by atoms with E-state index in [9.17, 15) is 14.4 Å². The molecule has 0 heterocycles. The maximum Gasteiger partial charge on any atom is 0.407 e. The summed E-state index contributed by atoms with van der Waals surface area (Å²) in [6, 6.07) is 9.34. The highest BCUT2D eigenvalue weighted by molar-refractivity contribution is 6.04. The van der Waals surface area contributed by atoms with Crippen LogP contribution in [0.3, 0.4) is 0 Å². The predicted octanol–water partition coefficient (Wildman–Crippen LogP) is 3.46. The molecule has 3 N–H and O–H groups in total. The fourth-order valence-electron chi connectivity index (χ4n) is 2.52. The van der Waals surface area contributed by atoms with Crippen LogP contribution in [0.25, 0.3) is 0 Å². The third-order valence-electron chi connectivity index (χ3n) is 4.01. The van der Waals surface area contributed by atoms with E-state index >= 15 is 0 Å². The molecule has 8 heteroatoms. The van der Waals surface area contributed by atoms with Crippen LogP contribution in [0.2, 0.25) is 0 Å². The summed E-state index contributed by atoms with van der Waals surface area (Å²) in [4.78, 5) is 37.1. The van der Waals surface area contributed by atoms with Crippen LogP contribution in [0, 0.1) is 0 Å².